The SMILES string of the molecule is [Li][CH2]Oc1c(F)cccc1Cl. The molecule has 0 N–H and O–H groups in total. The molecule has 0 aromatic heterocycles. The van der Waals surface area contributed by atoms with Crippen molar-refractivity contribution in [2.45, 2.75) is 0 Å². The Morgan fingerprint density at radius 3 is 2.82 bits per heavy atom. The fourth-order valence-corrected chi connectivity index (χ4v) is 0.982. The van der Waals surface area contributed by atoms with Crippen molar-refractivity contribution in [3.05, 3.63) is 29.0 Å². The Labute approximate surface area is 78.7 Å². The van der Waals surface area contributed by atoms with E-state index in [1.807, 2.05) is 0 Å². The zero-order chi connectivity index (χ0) is 8.27. The second-order valence-corrected chi connectivity index (χ2v) is 2.39. The minimum atomic E-state index is -0.417. The molecule has 0 aliphatic heterocycles. The molecule has 0 heterocycles. The van der Waals surface area contributed by atoms with Crippen LogP contribution in [0.2, 0.25) is 5.02 Å². The first-order valence-corrected chi connectivity index (χ1v) is 3.70. The molecule has 0 saturated heterocycles. The second kappa shape index (κ2) is 4.01. The predicted octanol–water partition coefficient (Wildman–Crippen LogP) is 1.98. The molecule has 54 valence electrons. The van der Waals surface area contributed by atoms with E-state index in [-0.39, 0.29) is 5.75 Å². The van der Waals surface area contributed by atoms with E-state index >= 15 is 0 Å². The molecule has 1 nitrogen and oxygen atoms in total. The van der Waals surface area contributed by atoms with Gasteiger partial charge in [0, 0.05) is 0 Å². The van der Waals surface area contributed by atoms with Crippen molar-refractivity contribution in [3.63, 3.8) is 0 Å². The summed E-state index contributed by atoms with van der Waals surface area (Å²) in [6.07, 6.45) is 0. The summed E-state index contributed by atoms with van der Waals surface area (Å²) in [5, 5.41) is 0.729. The third-order valence-electron chi connectivity index (χ3n) is 1.21. The maximum atomic E-state index is 12.8. The van der Waals surface area contributed by atoms with Gasteiger partial charge < -0.3 is 0 Å². The molecular formula is C7H5ClFLiO. The standard InChI is InChI=1S/C7H5ClFO.Li/c1-10-7-5(8)3-2-4-6(7)9;/h2-4H,1H2;. The van der Waals surface area contributed by atoms with Crippen LogP contribution in [-0.2, 0) is 0 Å². The van der Waals surface area contributed by atoms with Crippen LogP contribution in [0.1, 0.15) is 0 Å². The molecule has 0 atom stereocenters. The van der Waals surface area contributed by atoms with Crippen molar-refractivity contribution >= 4 is 29.3 Å². The molecule has 0 bridgehead atoms. The van der Waals surface area contributed by atoms with E-state index in [2.05, 4.69) is 0 Å². The monoisotopic (exact) mass is 166 g/mol. The first-order chi connectivity index (χ1) is 5.25. The van der Waals surface area contributed by atoms with Crippen molar-refractivity contribution in [2.24, 2.45) is 0 Å². The molecule has 0 saturated carbocycles. The molecule has 1 aromatic rings. The topological polar surface area (TPSA) is 9.23 Å². The molecule has 0 aliphatic carbocycles. The molecule has 11 heavy (non-hydrogen) atoms. The molecule has 0 amide bonds. The van der Waals surface area contributed by atoms with Gasteiger partial charge in [-0.25, -0.2) is 0 Å². The van der Waals surface area contributed by atoms with Gasteiger partial charge in [-0.3, -0.25) is 0 Å². The Morgan fingerprint density at radius 2 is 2.27 bits per heavy atom. The Balaban J connectivity index is 3.00. The average Bonchev–Trinajstić information content (AvgIpc) is 1.97. The van der Waals surface area contributed by atoms with Crippen LogP contribution in [-0.4, -0.2) is 23.0 Å². The van der Waals surface area contributed by atoms with E-state index in [9.17, 15) is 4.39 Å². The fourth-order valence-electron chi connectivity index (χ4n) is 0.765. The van der Waals surface area contributed by atoms with E-state index < -0.39 is 5.82 Å². The van der Waals surface area contributed by atoms with E-state index in [1.165, 1.54) is 6.07 Å². The quantitative estimate of drug-likeness (QED) is 0.611. The van der Waals surface area contributed by atoms with Crippen molar-refractivity contribution < 1.29 is 9.13 Å². The van der Waals surface area contributed by atoms with Gasteiger partial charge in [0.2, 0.25) is 0 Å². The van der Waals surface area contributed by atoms with Crippen LogP contribution >= 0.6 is 11.6 Å². The molecule has 0 fully saturated rings. The third kappa shape index (κ3) is 2.13. The summed E-state index contributed by atoms with van der Waals surface area (Å²) < 4.78 is 17.8. The summed E-state index contributed by atoms with van der Waals surface area (Å²) in [6.45, 7) is 0. The van der Waals surface area contributed by atoms with E-state index in [0.29, 0.717) is 10.3 Å². The Bertz CT molecular complexity index is 234. The number of hydrogen-bond acceptors (Lipinski definition) is 1. The number of halogens is 2. The molecule has 0 aliphatic rings. The summed E-state index contributed by atoms with van der Waals surface area (Å²) in [4.78, 5) is 0. The van der Waals surface area contributed by atoms with Gasteiger partial charge in [-0.15, -0.1) is 0 Å². The summed E-state index contributed by atoms with van der Waals surface area (Å²) in [5.41, 5.74) is 0. The number of para-hydroxylation sites is 1. The van der Waals surface area contributed by atoms with Crippen LogP contribution in [0.15, 0.2) is 18.2 Å². The first kappa shape index (κ1) is 8.93. The van der Waals surface area contributed by atoms with Gasteiger partial charge in [0.05, 0.1) is 0 Å². The van der Waals surface area contributed by atoms with Crippen molar-refractivity contribution in [3.8, 4) is 5.75 Å². The zero-order valence-electron chi connectivity index (χ0n) is 6.10. The molecule has 1 rings (SSSR count). The van der Waals surface area contributed by atoms with Gasteiger partial charge in [-0.2, -0.15) is 0 Å². The molecule has 1 aromatic carbocycles. The van der Waals surface area contributed by atoms with Crippen LogP contribution in [0, 0.1) is 5.82 Å². The zero-order valence-corrected chi connectivity index (χ0v) is 6.86. The van der Waals surface area contributed by atoms with Crippen LogP contribution < -0.4 is 4.74 Å². The maximum absolute atomic E-state index is 12.8. The second-order valence-electron chi connectivity index (χ2n) is 1.98. The van der Waals surface area contributed by atoms with Crippen LogP contribution in [0.3, 0.4) is 0 Å². The Kier molecular flexibility index (Phi) is 3.26. The molecular weight excluding hydrogens is 161 g/mol. The normalized spacial score (nSPS) is 9.82. The van der Waals surface area contributed by atoms with Crippen molar-refractivity contribution in [1.29, 1.82) is 0 Å². The first-order valence-electron chi connectivity index (χ1n) is 3.32. The summed E-state index contributed by atoms with van der Waals surface area (Å²) in [5.74, 6) is -0.281. The van der Waals surface area contributed by atoms with E-state index in [0.717, 1.165) is 0 Å². The number of rotatable bonds is 2. The van der Waals surface area contributed by atoms with Crippen molar-refractivity contribution in [1.82, 2.24) is 0 Å². The van der Waals surface area contributed by atoms with Gasteiger partial charge in [-0.1, -0.05) is 0 Å². The van der Waals surface area contributed by atoms with Gasteiger partial charge in [0.25, 0.3) is 0 Å². The third-order valence-corrected chi connectivity index (χ3v) is 1.51. The molecule has 0 radical (unpaired) electrons. The summed E-state index contributed by atoms with van der Waals surface area (Å²) in [7, 11) is 0. The predicted molar refractivity (Wildman–Crippen MR) is 42.7 cm³/mol. The Morgan fingerprint density at radius 1 is 1.55 bits per heavy atom. The van der Waals surface area contributed by atoms with E-state index in [4.69, 9.17) is 16.3 Å². The molecule has 4 heteroatoms. The number of ether oxygens (including phenoxy) is 1. The Hall–Kier alpha value is -0.163. The van der Waals surface area contributed by atoms with Crippen LogP contribution in [0.25, 0.3) is 0 Å². The summed E-state index contributed by atoms with van der Waals surface area (Å²) >= 11 is 7.42. The van der Waals surface area contributed by atoms with Crippen LogP contribution in [0.4, 0.5) is 4.39 Å². The number of hydrogen-bond donors (Lipinski definition) is 0. The van der Waals surface area contributed by atoms with Crippen molar-refractivity contribution in [2.75, 3.05) is 5.28 Å². The number of benzene rings is 1. The summed E-state index contributed by atoms with van der Waals surface area (Å²) in [6, 6.07) is 4.45. The molecule has 0 spiro atoms. The van der Waals surface area contributed by atoms with Crippen LogP contribution in [0.5, 0.6) is 5.75 Å². The van der Waals surface area contributed by atoms with Gasteiger partial charge >= 0.3 is 78.5 Å². The average molecular weight is 167 g/mol. The van der Waals surface area contributed by atoms with Gasteiger partial charge in [0.1, 0.15) is 0 Å². The fraction of sp³-hybridized carbons (Fsp3) is 0.143. The minimum absolute atomic E-state index is 0.136. The molecule has 0 unspecified atom stereocenters. The van der Waals surface area contributed by atoms with Gasteiger partial charge in [0.15, 0.2) is 0 Å². The van der Waals surface area contributed by atoms with Gasteiger partial charge in [-0.05, 0) is 0 Å². The van der Waals surface area contributed by atoms with E-state index in [1.54, 1.807) is 29.8 Å².